The van der Waals surface area contributed by atoms with Gasteiger partial charge < -0.3 is 10.1 Å². The Balaban J connectivity index is 2.05. The van der Waals surface area contributed by atoms with Crippen LogP contribution < -0.4 is 10.1 Å². The number of anilines is 1. The molecule has 0 heterocycles. The Morgan fingerprint density at radius 1 is 1.19 bits per heavy atom. The van der Waals surface area contributed by atoms with Crippen LogP contribution in [-0.2, 0) is 0 Å². The predicted octanol–water partition coefficient (Wildman–Crippen LogP) is 4.42. The van der Waals surface area contributed by atoms with Gasteiger partial charge in [0.1, 0.15) is 5.75 Å². The largest absolute Gasteiger partial charge is 0.487 e. The molecular weight excluding hydrogens is 300 g/mol. The molecule has 2 aromatic rings. The zero-order chi connectivity index (χ0) is 15.5. The van der Waals surface area contributed by atoms with E-state index < -0.39 is 5.57 Å². The summed E-state index contributed by atoms with van der Waals surface area (Å²) >= 11 is 4.66. The lowest BCUT2D eigenvalue weighted by molar-refractivity contribution is -0.0964. The third-order valence-corrected chi connectivity index (χ3v) is 2.70. The fraction of sp³-hybridized carbons (Fsp3) is 0.133. The van der Waals surface area contributed by atoms with E-state index in [0.29, 0.717) is 11.3 Å². The van der Waals surface area contributed by atoms with Gasteiger partial charge in [0, 0.05) is 22.9 Å². The van der Waals surface area contributed by atoms with Crippen LogP contribution in [0.4, 0.5) is 14.5 Å². The van der Waals surface area contributed by atoms with Crippen molar-refractivity contribution in [2.45, 2.75) is 12.5 Å². The average Bonchev–Trinajstić information content (AvgIpc) is 2.39. The number of halogens is 3. The first-order valence-corrected chi connectivity index (χ1v) is 6.45. The summed E-state index contributed by atoms with van der Waals surface area (Å²) < 4.78 is 29.1. The SMILES string of the molecule is Cc1cccc(C(=O)Nc2ccc(OC(F)(F)Cl)cc2)c1. The van der Waals surface area contributed by atoms with Crippen LogP contribution in [0.25, 0.3) is 0 Å². The Morgan fingerprint density at radius 3 is 2.43 bits per heavy atom. The quantitative estimate of drug-likeness (QED) is 0.849. The van der Waals surface area contributed by atoms with Gasteiger partial charge in [-0.2, -0.15) is 0 Å². The predicted molar refractivity (Wildman–Crippen MR) is 77.0 cm³/mol. The molecule has 0 saturated heterocycles. The van der Waals surface area contributed by atoms with E-state index in [1.165, 1.54) is 24.3 Å². The maximum atomic E-state index is 12.5. The molecule has 0 unspecified atom stereocenters. The molecule has 0 saturated carbocycles. The molecule has 0 aliphatic carbocycles. The average molecular weight is 312 g/mol. The van der Waals surface area contributed by atoms with Crippen molar-refractivity contribution in [2.24, 2.45) is 0 Å². The minimum absolute atomic E-state index is 0.0939. The van der Waals surface area contributed by atoms with E-state index in [2.05, 4.69) is 21.7 Å². The van der Waals surface area contributed by atoms with Gasteiger partial charge in [0.25, 0.3) is 5.91 Å². The maximum absolute atomic E-state index is 12.5. The molecule has 0 atom stereocenters. The fourth-order valence-electron chi connectivity index (χ4n) is 1.73. The van der Waals surface area contributed by atoms with Crippen molar-refractivity contribution in [2.75, 3.05) is 5.32 Å². The van der Waals surface area contributed by atoms with Crippen molar-refractivity contribution < 1.29 is 18.3 Å². The van der Waals surface area contributed by atoms with Gasteiger partial charge in [0.2, 0.25) is 0 Å². The molecule has 21 heavy (non-hydrogen) atoms. The highest BCUT2D eigenvalue weighted by Gasteiger charge is 2.27. The minimum Gasteiger partial charge on any atom is -0.420 e. The number of ether oxygens (including phenoxy) is 1. The van der Waals surface area contributed by atoms with Gasteiger partial charge in [-0.15, -0.1) is 8.78 Å². The number of aryl methyl sites for hydroxylation is 1. The van der Waals surface area contributed by atoms with E-state index in [4.69, 9.17) is 0 Å². The molecule has 0 radical (unpaired) electrons. The summed E-state index contributed by atoms with van der Waals surface area (Å²) in [6, 6.07) is 12.6. The van der Waals surface area contributed by atoms with Crippen molar-refractivity contribution in [3.63, 3.8) is 0 Å². The Bertz CT molecular complexity index is 639. The first-order valence-electron chi connectivity index (χ1n) is 6.07. The first kappa shape index (κ1) is 15.3. The van der Waals surface area contributed by atoms with Crippen LogP contribution >= 0.6 is 11.6 Å². The molecule has 3 nitrogen and oxygen atoms in total. The number of hydrogen-bond donors (Lipinski definition) is 1. The van der Waals surface area contributed by atoms with Crippen molar-refractivity contribution in [3.05, 3.63) is 59.7 Å². The van der Waals surface area contributed by atoms with E-state index in [1.807, 2.05) is 13.0 Å². The van der Waals surface area contributed by atoms with E-state index in [-0.39, 0.29) is 11.7 Å². The number of carbonyl (C=O) groups is 1. The van der Waals surface area contributed by atoms with Crippen LogP contribution in [0, 0.1) is 6.92 Å². The second-order valence-corrected chi connectivity index (χ2v) is 4.84. The van der Waals surface area contributed by atoms with E-state index in [0.717, 1.165) is 5.56 Å². The van der Waals surface area contributed by atoms with Gasteiger partial charge in [-0.1, -0.05) is 17.7 Å². The highest BCUT2D eigenvalue weighted by Crippen LogP contribution is 2.26. The van der Waals surface area contributed by atoms with Crippen LogP contribution in [-0.4, -0.2) is 11.5 Å². The minimum atomic E-state index is -3.76. The fourth-order valence-corrected chi connectivity index (χ4v) is 1.82. The molecule has 0 spiro atoms. The third-order valence-electron chi connectivity index (χ3n) is 2.63. The summed E-state index contributed by atoms with van der Waals surface area (Å²) in [7, 11) is 0. The standard InChI is InChI=1S/C15H12ClF2NO2/c1-10-3-2-4-11(9-10)14(20)19-12-5-7-13(8-6-12)21-15(16,17)18/h2-9H,1H3,(H,19,20). The lowest BCUT2D eigenvalue weighted by Crippen LogP contribution is -2.15. The highest BCUT2D eigenvalue weighted by molar-refractivity contribution is 6.20. The Labute approximate surface area is 125 Å². The first-order chi connectivity index (χ1) is 9.83. The smallest absolute Gasteiger partial charge is 0.420 e. The van der Waals surface area contributed by atoms with Crippen molar-refractivity contribution >= 4 is 23.2 Å². The van der Waals surface area contributed by atoms with Gasteiger partial charge in [0.05, 0.1) is 0 Å². The van der Waals surface area contributed by atoms with Crippen LogP contribution in [0.1, 0.15) is 15.9 Å². The molecule has 0 aliphatic rings. The van der Waals surface area contributed by atoms with Crippen LogP contribution in [0.5, 0.6) is 5.75 Å². The molecule has 2 aromatic carbocycles. The summed E-state index contributed by atoms with van der Waals surface area (Å²) in [5.74, 6) is -0.376. The van der Waals surface area contributed by atoms with Crippen LogP contribution in [0.15, 0.2) is 48.5 Å². The zero-order valence-electron chi connectivity index (χ0n) is 11.1. The van der Waals surface area contributed by atoms with Gasteiger partial charge >= 0.3 is 5.57 Å². The second kappa shape index (κ2) is 6.10. The molecule has 110 valence electrons. The summed E-state index contributed by atoms with van der Waals surface area (Å²) in [6.07, 6.45) is 0. The van der Waals surface area contributed by atoms with Crippen molar-refractivity contribution in [1.82, 2.24) is 0 Å². The Kier molecular flexibility index (Phi) is 4.43. The maximum Gasteiger partial charge on any atom is 0.487 e. The topological polar surface area (TPSA) is 38.3 Å². The van der Waals surface area contributed by atoms with Crippen molar-refractivity contribution in [1.29, 1.82) is 0 Å². The zero-order valence-corrected chi connectivity index (χ0v) is 11.8. The number of carbonyl (C=O) groups excluding carboxylic acids is 1. The van der Waals surface area contributed by atoms with E-state index in [9.17, 15) is 13.6 Å². The molecule has 0 fully saturated rings. The van der Waals surface area contributed by atoms with Gasteiger partial charge in [-0.25, -0.2) is 0 Å². The number of nitrogens with one attached hydrogen (secondary N) is 1. The summed E-state index contributed by atoms with van der Waals surface area (Å²) in [4.78, 5) is 12.0. The van der Waals surface area contributed by atoms with Gasteiger partial charge in [-0.3, -0.25) is 4.79 Å². The molecule has 6 heteroatoms. The van der Waals surface area contributed by atoms with Gasteiger partial charge in [-0.05, 0) is 43.3 Å². The summed E-state index contributed by atoms with van der Waals surface area (Å²) in [5.41, 5.74) is -1.81. The summed E-state index contributed by atoms with van der Waals surface area (Å²) in [6.45, 7) is 1.88. The molecule has 0 aliphatic heterocycles. The number of amides is 1. The van der Waals surface area contributed by atoms with Gasteiger partial charge in [0.15, 0.2) is 0 Å². The molecule has 0 bridgehead atoms. The number of rotatable bonds is 4. The van der Waals surface area contributed by atoms with Crippen LogP contribution in [0.3, 0.4) is 0 Å². The van der Waals surface area contributed by atoms with Crippen molar-refractivity contribution in [3.8, 4) is 5.75 Å². The molecule has 2 rings (SSSR count). The van der Waals surface area contributed by atoms with Crippen LogP contribution in [0.2, 0.25) is 0 Å². The van der Waals surface area contributed by atoms with E-state index in [1.54, 1.807) is 18.2 Å². The molecule has 0 aromatic heterocycles. The number of benzene rings is 2. The third kappa shape index (κ3) is 4.72. The summed E-state index contributed by atoms with van der Waals surface area (Å²) in [5, 5.41) is 2.66. The Hall–Kier alpha value is -2.14. The Morgan fingerprint density at radius 2 is 1.86 bits per heavy atom. The number of hydrogen-bond acceptors (Lipinski definition) is 2. The number of alkyl halides is 3. The molecule has 1 amide bonds. The lowest BCUT2D eigenvalue weighted by Gasteiger charge is -2.11. The molecule has 1 N–H and O–H groups in total. The highest BCUT2D eigenvalue weighted by atomic mass is 35.5. The monoisotopic (exact) mass is 311 g/mol. The second-order valence-electron chi connectivity index (χ2n) is 4.40. The normalized spacial score (nSPS) is 11.0. The lowest BCUT2D eigenvalue weighted by atomic mass is 10.1. The van der Waals surface area contributed by atoms with E-state index >= 15 is 0 Å². The molecular formula is C15H12ClF2NO2.